The lowest BCUT2D eigenvalue weighted by molar-refractivity contribution is -0.118. The van der Waals surface area contributed by atoms with E-state index in [4.69, 9.17) is 9.84 Å². The molecule has 0 aliphatic heterocycles. The van der Waals surface area contributed by atoms with Gasteiger partial charge in [0.1, 0.15) is 9.71 Å². The van der Waals surface area contributed by atoms with Crippen LogP contribution in [0, 0.1) is 6.92 Å². The molecule has 0 aromatic carbocycles. The molecule has 2 aromatic rings. The lowest BCUT2D eigenvalue weighted by Gasteiger charge is -2.04. The number of carbonyl (C=O) groups is 2. The molecule has 24 heavy (non-hydrogen) atoms. The zero-order valence-electron chi connectivity index (χ0n) is 13.2. The summed E-state index contributed by atoms with van der Waals surface area (Å²) in [5, 5.41) is 12.4. The van der Waals surface area contributed by atoms with E-state index in [0.29, 0.717) is 23.5 Å². The first kappa shape index (κ1) is 18.4. The molecule has 10 heteroatoms. The summed E-state index contributed by atoms with van der Waals surface area (Å²) in [6.45, 7) is 2.67. The fourth-order valence-electron chi connectivity index (χ4n) is 2.03. The molecule has 0 atom stereocenters. The Hall–Kier alpha value is -1.91. The number of ether oxygens (including phenoxy) is 1. The minimum absolute atomic E-state index is 0.0982. The van der Waals surface area contributed by atoms with Crippen LogP contribution in [-0.2, 0) is 9.53 Å². The van der Waals surface area contributed by atoms with Crippen LogP contribution in [0.3, 0.4) is 0 Å². The number of nitrogens with one attached hydrogen (secondary N) is 2. The second kappa shape index (κ2) is 8.27. The number of thiophene rings is 1. The predicted molar refractivity (Wildman–Crippen MR) is 92.2 cm³/mol. The van der Waals surface area contributed by atoms with Gasteiger partial charge in [-0.1, -0.05) is 11.8 Å². The molecule has 2 aromatic heterocycles. The van der Waals surface area contributed by atoms with Crippen molar-refractivity contribution in [1.29, 1.82) is 0 Å². The Balaban J connectivity index is 2.07. The first-order valence-electron chi connectivity index (χ1n) is 7.09. The third-order valence-electron chi connectivity index (χ3n) is 3.16. The second-order valence-electron chi connectivity index (χ2n) is 4.90. The normalized spacial score (nSPS) is 10.9. The molecule has 0 fully saturated rings. The SMILES string of the molecule is COCCCNC(=O)CSc1nc2sc(C(=O)O)c(C)c2c(=O)[nH]1. The first-order valence-corrected chi connectivity index (χ1v) is 8.89. The van der Waals surface area contributed by atoms with Crippen LogP contribution in [0.5, 0.6) is 0 Å². The van der Waals surface area contributed by atoms with Crippen LogP contribution >= 0.6 is 23.1 Å². The van der Waals surface area contributed by atoms with Crippen molar-refractivity contribution in [3.05, 3.63) is 20.8 Å². The highest BCUT2D eigenvalue weighted by Gasteiger charge is 2.18. The average Bonchev–Trinajstić information content (AvgIpc) is 2.87. The maximum atomic E-state index is 12.1. The molecule has 130 valence electrons. The number of aryl methyl sites for hydroxylation is 1. The molecular weight excluding hydrogens is 354 g/mol. The molecule has 1 amide bonds. The lowest BCUT2D eigenvalue weighted by atomic mass is 10.2. The molecular formula is C14H17N3O5S2. The second-order valence-corrected chi connectivity index (χ2v) is 6.86. The van der Waals surface area contributed by atoms with E-state index in [-0.39, 0.29) is 27.1 Å². The van der Waals surface area contributed by atoms with Gasteiger partial charge in [0.15, 0.2) is 5.16 Å². The van der Waals surface area contributed by atoms with Crippen molar-refractivity contribution < 1.29 is 19.4 Å². The third-order valence-corrected chi connectivity index (χ3v) is 5.21. The number of carboxylic acids is 1. The number of fused-ring (bicyclic) bond motifs is 1. The van der Waals surface area contributed by atoms with Gasteiger partial charge in [-0.3, -0.25) is 9.59 Å². The van der Waals surface area contributed by atoms with Gasteiger partial charge in [0.25, 0.3) is 5.56 Å². The van der Waals surface area contributed by atoms with Gasteiger partial charge < -0.3 is 20.1 Å². The summed E-state index contributed by atoms with van der Waals surface area (Å²) in [4.78, 5) is 42.3. The molecule has 2 rings (SSSR count). The summed E-state index contributed by atoms with van der Waals surface area (Å²) in [6.07, 6.45) is 0.723. The average molecular weight is 371 g/mol. The number of hydrogen-bond donors (Lipinski definition) is 3. The first-order chi connectivity index (χ1) is 11.4. The summed E-state index contributed by atoms with van der Waals surface area (Å²) in [5.74, 6) is -1.15. The molecule has 0 radical (unpaired) electrons. The molecule has 0 saturated heterocycles. The predicted octanol–water partition coefficient (Wildman–Crippen LogP) is 1.24. The summed E-state index contributed by atoms with van der Waals surface area (Å²) < 4.78 is 4.89. The number of amides is 1. The number of nitrogens with zero attached hydrogens (tertiary/aromatic N) is 1. The van der Waals surface area contributed by atoms with Crippen molar-refractivity contribution in [2.24, 2.45) is 0 Å². The Bertz CT molecular complexity index is 815. The molecule has 0 aliphatic rings. The van der Waals surface area contributed by atoms with E-state index in [1.165, 1.54) is 0 Å². The number of aromatic carboxylic acids is 1. The van der Waals surface area contributed by atoms with Gasteiger partial charge in [0, 0.05) is 20.3 Å². The van der Waals surface area contributed by atoms with Gasteiger partial charge in [-0.2, -0.15) is 0 Å². The smallest absolute Gasteiger partial charge is 0.346 e. The third kappa shape index (κ3) is 4.34. The van der Waals surface area contributed by atoms with Crippen LogP contribution in [0.4, 0.5) is 0 Å². The number of carboxylic acid groups (broad SMARTS) is 1. The molecule has 8 nitrogen and oxygen atoms in total. The molecule has 0 bridgehead atoms. The van der Waals surface area contributed by atoms with Gasteiger partial charge in [0.2, 0.25) is 5.91 Å². The van der Waals surface area contributed by atoms with Gasteiger partial charge in [0.05, 0.1) is 11.1 Å². The van der Waals surface area contributed by atoms with Crippen LogP contribution in [0.25, 0.3) is 10.2 Å². The largest absolute Gasteiger partial charge is 0.477 e. The number of carbonyl (C=O) groups excluding carboxylic acids is 1. The van der Waals surface area contributed by atoms with Crippen LogP contribution < -0.4 is 10.9 Å². The van der Waals surface area contributed by atoms with E-state index >= 15 is 0 Å². The van der Waals surface area contributed by atoms with Crippen LogP contribution in [-0.4, -0.2) is 53.0 Å². The van der Waals surface area contributed by atoms with Crippen LogP contribution in [0.2, 0.25) is 0 Å². The number of hydrogen-bond acceptors (Lipinski definition) is 7. The molecule has 0 unspecified atom stereocenters. The number of aromatic nitrogens is 2. The van der Waals surface area contributed by atoms with Gasteiger partial charge in [-0.25, -0.2) is 9.78 Å². The van der Waals surface area contributed by atoms with Gasteiger partial charge in [-0.15, -0.1) is 11.3 Å². The van der Waals surface area contributed by atoms with Crippen LogP contribution in [0.15, 0.2) is 9.95 Å². The zero-order chi connectivity index (χ0) is 17.7. The minimum Gasteiger partial charge on any atom is -0.477 e. The maximum Gasteiger partial charge on any atom is 0.346 e. The molecule has 2 heterocycles. The standard InChI is InChI=1S/C14H17N3O5S2/c1-7-9-11(19)16-14(17-12(9)24-10(7)13(20)21)23-6-8(18)15-4-3-5-22-2/h3-6H2,1-2H3,(H,15,18)(H,20,21)(H,16,17,19). The van der Waals surface area contributed by atoms with E-state index in [2.05, 4.69) is 15.3 Å². The van der Waals surface area contributed by atoms with E-state index in [1.807, 2.05) is 0 Å². The fourth-order valence-corrected chi connectivity index (χ4v) is 3.79. The highest BCUT2D eigenvalue weighted by atomic mass is 32.2. The number of rotatable bonds is 8. The lowest BCUT2D eigenvalue weighted by Crippen LogP contribution is -2.27. The Morgan fingerprint density at radius 2 is 2.21 bits per heavy atom. The Labute approximate surface area is 145 Å². The van der Waals surface area contributed by atoms with E-state index < -0.39 is 11.5 Å². The summed E-state index contributed by atoms with van der Waals surface area (Å²) in [5.41, 5.74) is 0.00735. The maximum absolute atomic E-state index is 12.1. The van der Waals surface area contributed by atoms with Crippen molar-refractivity contribution in [2.75, 3.05) is 26.0 Å². The Morgan fingerprint density at radius 1 is 1.46 bits per heavy atom. The van der Waals surface area contributed by atoms with Crippen molar-refractivity contribution in [3.8, 4) is 0 Å². The fraction of sp³-hybridized carbons (Fsp3) is 0.429. The van der Waals surface area contributed by atoms with Crippen molar-refractivity contribution in [2.45, 2.75) is 18.5 Å². The van der Waals surface area contributed by atoms with Crippen molar-refractivity contribution in [1.82, 2.24) is 15.3 Å². The van der Waals surface area contributed by atoms with Gasteiger partial charge >= 0.3 is 5.97 Å². The van der Waals surface area contributed by atoms with Crippen LogP contribution in [0.1, 0.15) is 21.7 Å². The zero-order valence-corrected chi connectivity index (χ0v) is 14.8. The molecule has 3 N–H and O–H groups in total. The molecule has 0 aliphatic carbocycles. The quantitative estimate of drug-likeness (QED) is 0.362. The Kier molecular flexibility index (Phi) is 6.35. The van der Waals surface area contributed by atoms with E-state index in [9.17, 15) is 14.4 Å². The highest BCUT2D eigenvalue weighted by molar-refractivity contribution is 7.99. The Morgan fingerprint density at radius 3 is 2.88 bits per heavy atom. The summed E-state index contributed by atoms with van der Waals surface area (Å²) in [7, 11) is 1.60. The minimum atomic E-state index is -1.08. The number of methoxy groups -OCH3 is 1. The summed E-state index contributed by atoms with van der Waals surface area (Å²) in [6, 6.07) is 0. The number of H-pyrrole nitrogens is 1. The topological polar surface area (TPSA) is 121 Å². The van der Waals surface area contributed by atoms with E-state index in [0.717, 1.165) is 29.5 Å². The highest BCUT2D eigenvalue weighted by Crippen LogP contribution is 2.28. The van der Waals surface area contributed by atoms with Crippen molar-refractivity contribution in [3.63, 3.8) is 0 Å². The van der Waals surface area contributed by atoms with Gasteiger partial charge in [-0.05, 0) is 18.9 Å². The van der Waals surface area contributed by atoms with Crippen molar-refractivity contribution >= 4 is 45.2 Å². The number of thioether (sulfide) groups is 1. The molecule has 0 spiro atoms. The molecule has 0 saturated carbocycles. The summed E-state index contributed by atoms with van der Waals surface area (Å²) >= 11 is 2.05. The number of aromatic amines is 1. The monoisotopic (exact) mass is 371 g/mol. The van der Waals surface area contributed by atoms with E-state index in [1.54, 1.807) is 14.0 Å².